The van der Waals surface area contributed by atoms with E-state index in [9.17, 15) is 0 Å². The van der Waals surface area contributed by atoms with Gasteiger partial charge in [0.2, 0.25) is 0 Å². The fourth-order valence-corrected chi connectivity index (χ4v) is 4.15. The zero-order valence-corrected chi connectivity index (χ0v) is 18.5. The summed E-state index contributed by atoms with van der Waals surface area (Å²) in [5.74, 6) is 1.55. The van der Waals surface area contributed by atoms with Gasteiger partial charge < -0.3 is 20.1 Å². The zero-order valence-electron chi connectivity index (χ0n) is 17.7. The molecule has 156 valence electrons. The van der Waals surface area contributed by atoms with Crippen LogP contribution in [0.3, 0.4) is 0 Å². The standard InChI is InChI=1S/C23H31N3O2S/c1-16(2)25-23(29)24-14-20-19-13-22(28-4)21(27-3)12-18(19)10-11-26(20)15-17-8-6-5-7-9-17/h5-9,12-13,16,20H,10-11,14-15H2,1-4H3,(H2,24,25,29). The Kier molecular flexibility index (Phi) is 7.34. The summed E-state index contributed by atoms with van der Waals surface area (Å²) in [4.78, 5) is 2.51. The summed E-state index contributed by atoms with van der Waals surface area (Å²) in [6.45, 7) is 6.78. The highest BCUT2D eigenvalue weighted by molar-refractivity contribution is 7.80. The van der Waals surface area contributed by atoms with Crippen LogP contribution in [-0.4, -0.2) is 43.4 Å². The Morgan fingerprint density at radius 1 is 1.14 bits per heavy atom. The molecule has 29 heavy (non-hydrogen) atoms. The number of rotatable bonds is 7. The minimum Gasteiger partial charge on any atom is -0.493 e. The fraction of sp³-hybridized carbons (Fsp3) is 0.435. The number of hydrogen-bond donors (Lipinski definition) is 2. The zero-order chi connectivity index (χ0) is 20.8. The number of benzene rings is 2. The number of thiocarbonyl (C=S) groups is 1. The number of fused-ring (bicyclic) bond motifs is 1. The third-order valence-corrected chi connectivity index (χ3v) is 5.48. The Bertz CT molecular complexity index is 826. The maximum Gasteiger partial charge on any atom is 0.166 e. The topological polar surface area (TPSA) is 45.8 Å². The lowest BCUT2D eigenvalue weighted by Gasteiger charge is -2.38. The second-order valence-electron chi connectivity index (χ2n) is 7.64. The molecule has 1 atom stereocenters. The van der Waals surface area contributed by atoms with Gasteiger partial charge in [-0.1, -0.05) is 30.3 Å². The predicted octanol–water partition coefficient (Wildman–Crippen LogP) is 3.68. The van der Waals surface area contributed by atoms with E-state index in [4.69, 9.17) is 21.7 Å². The Morgan fingerprint density at radius 3 is 2.48 bits per heavy atom. The summed E-state index contributed by atoms with van der Waals surface area (Å²) < 4.78 is 11.1. The van der Waals surface area contributed by atoms with Crippen molar-refractivity contribution in [2.45, 2.75) is 38.9 Å². The van der Waals surface area contributed by atoms with Gasteiger partial charge in [-0.2, -0.15) is 0 Å². The molecule has 2 aromatic carbocycles. The molecule has 0 spiro atoms. The number of nitrogens with zero attached hydrogens (tertiary/aromatic N) is 1. The van der Waals surface area contributed by atoms with E-state index >= 15 is 0 Å². The van der Waals surface area contributed by atoms with Crippen molar-refractivity contribution in [3.8, 4) is 11.5 Å². The minimum atomic E-state index is 0.186. The van der Waals surface area contributed by atoms with E-state index in [1.807, 2.05) is 0 Å². The molecule has 0 amide bonds. The van der Waals surface area contributed by atoms with Gasteiger partial charge >= 0.3 is 0 Å². The first kappa shape index (κ1) is 21.4. The molecule has 0 fully saturated rings. The average molecular weight is 414 g/mol. The Hall–Kier alpha value is -2.31. The molecule has 1 unspecified atom stereocenters. The highest BCUT2D eigenvalue weighted by Gasteiger charge is 2.29. The molecule has 5 nitrogen and oxygen atoms in total. The van der Waals surface area contributed by atoms with Crippen LogP contribution in [0.1, 0.15) is 36.6 Å². The van der Waals surface area contributed by atoms with Gasteiger partial charge in [0.05, 0.1) is 20.3 Å². The largest absolute Gasteiger partial charge is 0.493 e. The summed E-state index contributed by atoms with van der Waals surface area (Å²) in [7, 11) is 3.37. The third-order valence-electron chi connectivity index (χ3n) is 5.22. The Labute approximate surface area is 179 Å². The van der Waals surface area contributed by atoms with Crippen LogP contribution in [-0.2, 0) is 13.0 Å². The molecule has 1 aliphatic heterocycles. The van der Waals surface area contributed by atoms with Gasteiger partial charge in [-0.25, -0.2) is 0 Å². The van der Waals surface area contributed by atoms with Gasteiger partial charge in [-0.15, -0.1) is 0 Å². The summed E-state index contributed by atoms with van der Waals surface area (Å²) in [5.41, 5.74) is 3.88. The molecule has 0 aromatic heterocycles. The molecule has 0 bridgehead atoms. The molecule has 2 aromatic rings. The van der Waals surface area contributed by atoms with E-state index in [1.165, 1.54) is 16.7 Å². The molecular formula is C23H31N3O2S. The van der Waals surface area contributed by atoms with Gasteiger partial charge in [-0.3, -0.25) is 4.90 Å². The van der Waals surface area contributed by atoms with Crippen LogP contribution in [0.2, 0.25) is 0 Å². The third kappa shape index (κ3) is 5.40. The molecule has 6 heteroatoms. The van der Waals surface area contributed by atoms with E-state index in [0.29, 0.717) is 11.2 Å². The monoisotopic (exact) mass is 413 g/mol. The molecule has 0 aliphatic carbocycles. The SMILES string of the molecule is COc1cc2c(cc1OC)C(CNC(=S)NC(C)C)N(Cc1ccccc1)CC2. The van der Waals surface area contributed by atoms with Gasteiger partial charge in [0.15, 0.2) is 16.6 Å². The van der Waals surface area contributed by atoms with Crippen molar-refractivity contribution in [1.29, 1.82) is 0 Å². The van der Waals surface area contributed by atoms with Crippen LogP contribution in [0.4, 0.5) is 0 Å². The van der Waals surface area contributed by atoms with Crippen LogP contribution in [0.5, 0.6) is 11.5 Å². The van der Waals surface area contributed by atoms with E-state index in [1.54, 1.807) is 14.2 Å². The van der Waals surface area contributed by atoms with Gasteiger partial charge in [0.1, 0.15) is 0 Å². The summed E-state index contributed by atoms with van der Waals surface area (Å²) in [6.07, 6.45) is 0.980. The Morgan fingerprint density at radius 2 is 1.83 bits per heavy atom. The second-order valence-corrected chi connectivity index (χ2v) is 8.05. The van der Waals surface area contributed by atoms with Crippen LogP contribution in [0.15, 0.2) is 42.5 Å². The van der Waals surface area contributed by atoms with Crippen LogP contribution in [0.25, 0.3) is 0 Å². The number of nitrogens with one attached hydrogen (secondary N) is 2. The fourth-order valence-electron chi connectivity index (χ4n) is 3.83. The first-order valence-electron chi connectivity index (χ1n) is 10.1. The van der Waals surface area contributed by atoms with Crippen LogP contribution in [0, 0.1) is 0 Å². The second kappa shape index (κ2) is 9.94. The predicted molar refractivity (Wildman–Crippen MR) is 122 cm³/mol. The van der Waals surface area contributed by atoms with Crippen molar-refractivity contribution in [2.75, 3.05) is 27.3 Å². The first-order chi connectivity index (χ1) is 14.0. The van der Waals surface area contributed by atoms with E-state index in [-0.39, 0.29) is 6.04 Å². The van der Waals surface area contributed by atoms with Gasteiger partial charge in [-0.05, 0) is 61.3 Å². The van der Waals surface area contributed by atoms with Crippen molar-refractivity contribution in [1.82, 2.24) is 15.5 Å². The molecule has 1 aliphatic rings. The lowest BCUT2D eigenvalue weighted by Crippen LogP contribution is -2.45. The van der Waals surface area contributed by atoms with Crippen LogP contribution >= 0.6 is 12.2 Å². The highest BCUT2D eigenvalue weighted by Crippen LogP contribution is 2.38. The maximum absolute atomic E-state index is 5.58. The first-order valence-corrected chi connectivity index (χ1v) is 10.5. The smallest absolute Gasteiger partial charge is 0.166 e. The van der Waals surface area contributed by atoms with Crippen molar-refractivity contribution in [3.63, 3.8) is 0 Å². The quantitative estimate of drug-likeness (QED) is 0.676. The lowest BCUT2D eigenvalue weighted by atomic mass is 9.91. The molecular weight excluding hydrogens is 382 g/mol. The molecule has 3 rings (SSSR count). The molecule has 0 radical (unpaired) electrons. The average Bonchev–Trinajstić information content (AvgIpc) is 2.72. The van der Waals surface area contributed by atoms with Crippen LogP contribution < -0.4 is 20.1 Å². The van der Waals surface area contributed by atoms with Crippen molar-refractivity contribution in [2.24, 2.45) is 0 Å². The highest BCUT2D eigenvalue weighted by atomic mass is 32.1. The van der Waals surface area contributed by atoms with Gasteiger partial charge in [0, 0.05) is 25.7 Å². The minimum absolute atomic E-state index is 0.186. The number of hydrogen-bond acceptors (Lipinski definition) is 4. The van der Waals surface area contributed by atoms with Crippen molar-refractivity contribution < 1.29 is 9.47 Å². The van der Waals surface area contributed by atoms with E-state index < -0.39 is 0 Å². The maximum atomic E-state index is 5.58. The summed E-state index contributed by atoms with van der Waals surface area (Å²) >= 11 is 5.47. The number of methoxy groups -OCH3 is 2. The molecule has 2 N–H and O–H groups in total. The molecule has 0 saturated heterocycles. The van der Waals surface area contributed by atoms with E-state index in [0.717, 1.165) is 37.6 Å². The van der Waals surface area contributed by atoms with Crippen molar-refractivity contribution >= 4 is 17.3 Å². The lowest BCUT2D eigenvalue weighted by molar-refractivity contribution is 0.176. The normalized spacial score (nSPS) is 16.2. The molecule has 1 heterocycles. The van der Waals surface area contributed by atoms with E-state index in [2.05, 4.69) is 71.8 Å². The summed E-state index contributed by atoms with van der Waals surface area (Å²) in [6, 6.07) is 15.3. The molecule has 0 saturated carbocycles. The Balaban J connectivity index is 1.88. The van der Waals surface area contributed by atoms with Gasteiger partial charge in [0.25, 0.3) is 0 Å². The number of ether oxygens (including phenoxy) is 2. The van der Waals surface area contributed by atoms with Crippen molar-refractivity contribution in [3.05, 3.63) is 59.2 Å². The summed E-state index contributed by atoms with van der Waals surface area (Å²) in [5, 5.41) is 7.37.